The molecule has 1 amide bonds. The lowest BCUT2D eigenvalue weighted by atomic mass is 9.93. The number of piperazine rings is 1. The first kappa shape index (κ1) is 24.5. The zero-order valence-electron chi connectivity index (χ0n) is 13.6. The fraction of sp³-hybridized carbons (Fsp3) is 0.929. The molecule has 22 heavy (non-hydrogen) atoms. The summed E-state index contributed by atoms with van der Waals surface area (Å²) in [6, 6.07) is 0. The predicted octanol–water partition coefficient (Wildman–Crippen LogP) is 1.15. The second-order valence-corrected chi connectivity index (χ2v) is 5.87. The lowest BCUT2D eigenvalue weighted by Crippen LogP contribution is -2.54. The van der Waals surface area contributed by atoms with Gasteiger partial charge in [0.2, 0.25) is 5.91 Å². The fourth-order valence-corrected chi connectivity index (χ4v) is 3.03. The Kier molecular flexibility index (Phi) is 13.0. The highest BCUT2D eigenvalue weighted by molar-refractivity contribution is 5.86. The molecule has 2 rings (SSSR count). The van der Waals surface area contributed by atoms with Gasteiger partial charge in [-0.25, -0.2) is 0 Å². The van der Waals surface area contributed by atoms with E-state index in [9.17, 15) is 4.79 Å². The summed E-state index contributed by atoms with van der Waals surface area (Å²) in [5.41, 5.74) is -0.290. The zero-order valence-corrected chi connectivity index (χ0v) is 16.0. The highest BCUT2D eigenvalue weighted by atomic mass is 35.5. The van der Waals surface area contributed by atoms with Gasteiger partial charge in [-0.1, -0.05) is 6.92 Å². The van der Waals surface area contributed by atoms with Crippen molar-refractivity contribution in [2.24, 2.45) is 0 Å². The molecule has 2 saturated heterocycles. The SMILES string of the molecule is CCC1(C(=O)NCCN2CCN(C)CC2)CCCN1.Cl.Cl.Cl. The minimum absolute atomic E-state index is 0. The summed E-state index contributed by atoms with van der Waals surface area (Å²) in [6.45, 7) is 9.30. The van der Waals surface area contributed by atoms with E-state index >= 15 is 0 Å². The predicted molar refractivity (Wildman–Crippen MR) is 98.9 cm³/mol. The molecule has 0 spiro atoms. The molecule has 0 aromatic rings. The van der Waals surface area contributed by atoms with Crippen molar-refractivity contribution in [1.82, 2.24) is 20.4 Å². The van der Waals surface area contributed by atoms with Crippen molar-refractivity contribution in [2.45, 2.75) is 31.7 Å². The summed E-state index contributed by atoms with van der Waals surface area (Å²) < 4.78 is 0. The van der Waals surface area contributed by atoms with Crippen LogP contribution in [-0.4, -0.2) is 74.1 Å². The van der Waals surface area contributed by atoms with Gasteiger partial charge in [-0.3, -0.25) is 9.69 Å². The van der Waals surface area contributed by atoms with Crippen LogP contribution in [0.25, 0.3) is 0 Å². The standard InChI is InChI=1S/C14H28N4O.3ClH/c1-3-14(5-4-6-16-14)13(19)15-7-8-18-11-9-17(2)10-12-18;;;/h16H,3-12H2,1-2H3,(H,15,19);3*1H. The van der Waals surface area contributed by atoms with Crippen molar-refractivity contribution in [2.75, 3.05) is 52.9 Å². The number of carbonyl (C=O) groups is 1. The number of hydrogen-bond acceptors (Lipinski definition) is 4. The van der Waals surface area contributed by atoms with Crippen molar-refractivity contribution in [3.63, 3.8) is 0 Å². The van der Waals surface area contributed by atoms with Crippen LogP contribution >= 0.6 is 37.2 Å². The van der Waals surface area contributed by atoms with Crippen LogP contribution in [-0.2, 0) is 4.79 Å². The van der Waals surface area contributed by atoms with Crippen molar-refractivity contribution in [3.8, 4) is 0 Å². The molecule has 2 aliphatic rings. The molecule has 1 atom stereocenters. The third-order valence-electron chi connectivity index (χ3n) is 4.59. The average molecular weight is 378 g/mol. The van der Waals surface area contributed by atoms with E-state index in [1.165, 1.54) is 0 Å². The molecule has 0 aromatic heterocycles. The molecule has 134 valence electrons. The molecule has 2 N–H and O–H groups in total. The Morgan fingerprint density at radius 3 is 2.32 bits per heavy atom. The Labute approximate surface area is 153 Å². The highest BCUT2D eigenvalue weighted by Crippen LogP contribution is 2.22. The number of amides is 1. The first-order valence-corrected chi connectivity index (χ1v) is 7.60. The maximum atomic E-state index is 12.3. The van der Waals surface area contributed by atoms with Gasteiger partial charge in [-0.15, -0.1) is 37.2 Å². The second kappa shape index (κ2) is 11.7. The molecule has 0 aliphatic carbocycles. The number of halogens is 3. The normalized spacial score (nSPS) is 25.5. The number of nitrogens with one attached hydrogen (secondary N) is 2. The molecule has 2 heterocycles. The largest absolute Gasteiger partial charge is 0.353 e. The number of hydrogen-bond donors (Lipinski definition) is 2. The monoisotopic (exact) mass is 376 g/mol. The summed E-state index contributed by atoms with van der Waals surface area (Å²) >= 11 is 0. The van der Waals surface area contributed by atoms with Gasteiger partial charge in [0, 0.05) is 39.3 Å². The maximum absolute atomic E-state index is 12.3. The molecule has 0 bridgehead atoms. The van der Waals surface area contributed by atoms with E-state index < -0.39 is 0 Å². The van der Waals surface area contributed by atoms with E-state index in [4.69, 9.17) is 0 Å². The fourth-order valence-electron chi connectivity index (χ4n) is 3.03. The lowest BCUT2D eigenvalue weighted by molar-refractivity contribution is -0.127. The third-order valence-corrected chi connectivity index (χ3v) is 4.59. The van der Waals surface area contributed by atoms with Gasteiger partial charge < -0.3 is 15.5 Å². The van der Waals surface area contributed by atoms with Crippen molar-refractivity contribution < 1.29 is 4.79 Å². The van der Waals surface area contributed by atoms with E-state index in [1.54, 1.807) is 0 Å². The third kappa shape index (κ3) is 6.38. The van der Waals surface area contributed by atoms with Crippen LogP contribution in [0.4, 0.5) is 0 Å². The van der Waals surface area contributed by atoms with Crippen LogP contribution in [0.3, 0.4) is 0 Å². The number of likely N-dealkylation sites (N-methyl/N-ethyl adjacent to an activating group) is 1. The Balaban J connectivity index is 0. The summed E-state index contributed by atoms with van der Waals surface area (Å²) in [4.78, 5) is 17.1. The minimum atomic E-state index is -0.290. The number of rotatable bonds is 5. The topological polar surface area (TPSA) is 47.6 Å². The Morgan fingerprint density at radius 1 is 1.18 bits per heavy atom. The van der Waals surface area contributed by atoms with Gasteiger partial charge in [0.15, 0.2) is 0 Å². The van der Waals surface area contributed by atoms with Gasteiger partial charge in [0.05, 0.1) is 5.54 Å². The highest BCUT2D eigenvalue weighted by Gasteiger charge is 2.38. The van der Waals surface area contributed by atoms with Crippen molar-refractivity contribution in [1.29, 1.82) is 0 Å². The molecular weight excluding hydrogens is 347 g/mol. The average Bonchev–Trinajstić information content (AvgIpc) is 2.91. The first-order chi connectivity index (χ1) is 9.16. The van der Waals surface area contributed by atoms with Crippen LogP contribution in [0.2, 0.25) is 0 Å². The molecule has 2 aliphatic heterocycles. The summed E-state index contributed by atoms with van der Waals surface area (Å²) in [7, 11) is 2.16. The molecule has 5 nitrogen and oxygen atoms in total. The zero-order chi connectivity index (χ0) is 13.7. The first-order valence-electron chi connectivity index (χ1n) is 7.60. The molecule has 8 heteroatoms. The van der Waals surface area contributed by atoms with Gasteiger partial charge in [0.1, 0.15) is 0 Å². The maximum Gasteiger partial charge on any atom is 0.240 e. The number of carbonyl (C=O) groups excluding carboxylic acids is 1. The molecule has 2 fully saturated rings. The van der Waals surface area contributed by atoms with Crippen LogP contribution in [0, 0.1) is 0 Å². The van der Waals surface area contributed by atoms with E-state index in [-0.39, 0.29) is 48.7 Å². The molecular formula is C14H31Cl3N4O. The second-order valence-electron chi connectivity index (χ2n) is 5.87. The van der Waals surface area contributed by atoms with Gasteiger partial charge in [-0.05, 0) is 32.9 Å². The molecule has 0 saturated carbocycles. The van der Waals surface area contributed by atoms with Crippen molar-refractivity contribution in [3.05, 3.63) is 0 Å². The van der Waals surface area contributed by atoms with Crippen LogP contribution in [0.1, 0.15) is 26.2 Å². The van der Waals surface area contributed by atoms with Crippen LogP contribution < -0.4 is 10.6 Å². The molecule has 1 unspecified atom stereocenters. The number of nitrogens with zero attached hydrogens (tertiary/aromatic N) is 2. The molecule has 0 radical (unpaired) electrons. The van der Waals surface area contributed by atoms with Gasteiger partial charge >= 0.3 is 0 Å². The van der Waals surface area contributed by atoms with Crippen LogP contribution in [0.5, 0.6) is 0 Å². The molecule has 0 aromatic carbocycles. The van der Waals surface area contributed by atoms with Gasteiger partial charge in [0.25, 0.3) is 0 Å². The Morgan fingerprint density at radius 2 is 1.82 bits per heavy atom. The van der Waals surface area contributed by atoms with E-state index in [2.05, 4.69) is 34.4 Å². The van der Waals surface area contributed by atoms with E-state index in [0.717, 1.165) is 65.1 Å². The summed E-state index contributed by atoms with van der Waals surface area (Å²) in [5, 5.41) is 6.50. The van der Waals surface area contributed by atoms with Crippen LogP contribution in [0.15, 0.2) is 0 Å². The Hall–Kier alpha value is 0.220. The van der Waals surface area contributed by atoms with E-state index in [0.29, 0.717) is 0 Å². The minimum Gasteiger partial charge on any atom is -0.353 e. The summed E-state index contributed by atoms with van der Waals surface area (Å²) in [5.74, 6) is 0.196. The quantitative estimate of drug-likeness (QED) is 0.754. The van der Waals surface area contributed by atoms with Crippen molar-refractivity contribution >= 4 is 43.1 Å². The lowest BCUT2D eigenvalue weighted by Gasteiger charge is -2.33. The van der Waals surface area contributed by atoms with E-state index in [1.807, 2.05) is 0 Å². The Bertz CT molecular complexity index is 306. The summed E-state index contributed by atoms with van der Waals surface area (Å²) in [6.07, 6.45) is 2.97. The van der Waals surface area contributed by atoms with Gasteiger partial charge in [-0.2, -0.15) is 0 Å². The smallest absolute Gasteiger partial charge is 0.240 e.